The van der Waals surface area contributed by atoms with Gasteiger partial charge in [-0.15, -0.1) is 11.6 Å². The minimum absolute atomic E-state index is 0.525. The minimum Gasteiger partial charge on any atom is -0.340 e. The molecule has 0 aliphatic heterocycles. The van der Waals surface area contributed by atoms with E-state index in [1.165, 1.54) is 0 Å². The Bertz CT molecular complexity index is 466. The van der Waals surface area contributed by atoms with E-state index in [1.807, 2.05) is 49.5 Å². The van der Waals surface area contributed by atoms with Gasteiger partial charge in [-0.3, -0.25) is 0 Å². The second-order valence-electron chi connectivity index (χ2n) is 3.68. The lowest BCUT2D eigenvalue weighted by Crippen LogP contribution is -1.93. The molecule has 2 aromatic rings. The molecule has 0 radical (unpaired) electrons. The van der Waals surface area contributed by atoms with Crippen LogP contribution in [0.15, 0.2) is 42.6 Å². The Kier molecular flexibility index (Phi) is 3.42. The summed E-state index contributed by atoms with van der Waals surface area (Å²) < 4.78 is 0. The van der Waals surface area contributed by atoms with Crippen LogP contribution in [0.4, 0.5) is 11.5 Å². The van der Waals surface area contributed by atoms with Crippen molar-refractivity contribution in [2.45, 2.75) is 12.8 Å². The normalized spacial score (nSPS) is 10.1. The van der Waals surface area contributed by atoms with Gasteiger partial charge >= 0.3 is 0 Å². The molecule has 3 heteroatoms. The Hall–Kier alpha value is -1.54. The van der Waals surface area contributed by atoms with Crippen molar-refractivity contribution in [2.75, 3.05) is 5.32 Å². The van der Waals surface area contributed by atoms with E-state index < -0.39 is 0 Å². The van der Waals surface area contributed by atoms with Crippen LogP contribution in [-0.2, 0) is 5.88 Å². The number of alkyl halides is 1. The van der Waals surface area contributed by atoms with E-state index in [1.54, 1.807) is 0 Å². The predicted molar refractivity (Wildman–Crippen MR) is 68.3 cm³/mol. The molecule has 0 fully saturated rings. The Balaban J connectivity index is 2.16. The van der Waals surface area contributed by atoms with E-state index in [9.17, 15) is 0 Å². The molecule has 0 amide bonds. The first kappa shape index (κ1) is 11.0. The number of anilines is 2. The van der Waals surface area contributed by atoms with Gasteiger partial charge in [-0.1, -0.05) is 18.2 Å². The molecule has 1 N–H and O–H groups in total. The van der Waals surface area contributed by atoms with Crippen LogP contribution in [0.5, 0.6) is 0 Å². The maximum atomic E-state index is 5.78. The number of hydrogen-bond donors (Lipinski definition) is 1. The molecule has 1 aromatic heterocycles. The minimum atomic E-state index is 0.525. The molecular weight excluding hydrogens is 220 g/mol. The maximum Gasteiger partial charge on any atom is 0.130 e. The molecule has 0 bridgehead atoms. The molecule has 0 unspecified atom stereocenters. The van der Waals surface area contributed by atoms with E-state index in [0.29, 0.717) is 5.88 Å². The Labute approximate surface area is 100 Å². The highest BCUT2D eigenvalue weighted by atomic mass is 35.5. The quantitative estimate of drug-likeness (QED) is 0.813. The van der Waals surface area contributed by atoms with Crippen LogP contribution in [0, 0.1) is 6.92 Å². The van der Waals surface area contributed by atoms with Crippen LogP contribution in [0.3, 0.4) is 0 Å². The van der Waals surface area contributed by atoms with Gasteiger partial charge in [-0.2, -0.15) is 0 Å². The number of aryl methyl sites for hydroxylation is 1. The number of hydrogen-bond acceptors (Lipinski definition) is 2. The van der Waals surface area contributed by atoms with E-state index in [2.05, 4.69) is 10.3 Å². The first-order chi connectivity index (χ1) is 7.78. The van der Waals surface area contributed by atoms with Gasteiger partial charge in [0, 0.05) is 17.8 Å². The molecule has 0 aliphatic rings. The number of rotatable bonds is 3. The van der Waals surface area contributed by atoms with Crippen LogP contribution in [0.25, 0.3) is 0 Å². The largest absolute Gasteiger partial charge is 0.340 e. The standard InChI is InChI=1S/C13H13ClN2/c1-10-5-6-13(15-9-10)16-12-4-2-3-11(7-12)8-14/h2-7,9H,8H2,1H3,(H,15,16). The van der Waals surface area contributed by atoms with Gasteiger partial charge in [0.15, 0.2) is 0 Å². The SMILES string of the molecule is Cc1ccc(Nc2cccc(CCl)c2)nc1. The summed E-state index contributed by atoms with van der Waals surface area (Å²) in [6, 6.07) is 12.0. The summed E-state index contributed by atoms with van der Waals surface area (Å²) in [7, 11) is 0. The number of nitrogens with one attached hydrogen (secondary N) is 1. The summed E-state index contributed by atoms with van der Waals surface area (Å²) in [5.41, 5.74) is 3.26. The topological polar surface area (TPSA) is 24.9 Å². The second kappa shape index (κ2) is 4.99. The third-order valence-electron chi connectivity index (χ3n) is 2.27. The second-order valence-corrected chi connectivity index (χ2v) is 3.95. The van der Waals surface area contributed by atoms with Crippen molar-refractivity contribution in [1.29, 1.82) is 0 Å². The monoisotopic (exact) mass is 232 g/mol. The average molecular weight is 233 g/mol. The van der Waals surface area contributed by atoms with E-state index >= 15 is 0 Å². The fourth-order valence-electron chi connectivity index (χ4n) is 1.42. The van der Waals surface area contributed by atoms with Gasteiger partial charge < -0.3 is 5.32 Å². The highest BCUT2D eigenvalue weighted by Gasteiger charge is 1.97. The average Bonchev–Trinajstić information content (AvgIpc) is 2.32. The summed E-state index contributed by atoms with van der Waals surface area (Å²) in [4.78, 5) is 4.28. The van der Waals surface area contributed by atoms with Gasteiger partial charge in [-0.25, -0.2) is 4.98 Å². The van der Waals surface area contributed by atoms with Crippen LogP contribution < -0.4 is 5.32 Å². The first-order valence-corrected chi connectivity index (χ1v) is 5.66. The summed E-state index contributed by atoms with van der Waals surface area (Å²) in [5.74, 6) is 1.37. The molecule has 16 heavy (non-hydrogen) atoms. The summed E-state index contributed by atoms with van der Waals surface area (Å²) in [6.07, 6.45) is 1.84. The molecule has 0 atom stereocenters. The highest BCUT2D eigenvalue weighted by molar-refractivity contribution is 6.17. The number of halogens is 1. The summed E-state index contributed by atoms with van der Waals surface area (Å²) in [6.45, 7) is 2.02. The zero-order chi connectivity index (χ0) is 11.4. The molecule has 0 saturated heterocycles. The maximum absolute atomic E-state index is 5.78. The van der Waals surface area contributed by atoms with Crippen molar-refractivity contribution < 1.29 is 0 Å². The smallest absolute Gasteiger partial charge is 0.130 e. The molecular formula is C13H13ClN2. The number of nitrogens with zero attached hydrogens (tertiary/aromatic N) is 1. The van der Waals surface area contributed by atoms with Crippen LogP contribution >= 0.6 is 11.6 Å². The summed E-state index contributed by atoms with van der Waals surface area (Å²) in [5, 5.41) is 3.24. The molecule has 2 nitrogen and oxygen atoms in total. The lowest BCUT2D eigenvalue weighted by molar-refractivity contribution is 1.26. The molecule has 0 spiro atoms. The Morgan fingerprint density at radius 1 is 1.25 bits per heavy atom. The third kappa shape index (κ3) is 2.74. The van der Waals surface area contributed by atoms with Gasteiger partial charge in [0.25, 0.3) is 0 Å². The fraction of sp³-hybridized carbons (Fsp3) is 0.154. The van der Waals surface area contributed by atoms with Crippen LogP contribution in [0.2, 0.25) is 0 Å². The number of pyridine rings is 1. The Morgan fingerprint density at radius 3 is 2.81 bits per heavy atom. The Morgan fingerprint density at radius 2 is 2.12 bits per heavy atom. The lowest BCUT2D eigenvalue weighted by atomic mass is 10.2. The van der Waals surface area contributed by atoms with Crippen molar-refractivity contribution in [2.24, 2.45) is 0 Å². The van der Waals surface area contributed by atoms with Crippen molar-refractivity contribution in [3.8, 4) is 0 Å². The molecule has 2 rings (SSSR count). The van der Waals surface area contributed by atoms with Gasteiger partial charge in [0.2, 0.25) is 0 Å². The first-order valence-electron chi connectivity index (χ1n) is 5.12. The molecule has 0 saturated carbocycles. The molecule has 1 heterocycles. The number of benzene rings is 1. The van der Waals surface area contributed by atoms with Crippen LogP contribution in [0.1, 0.15) is 11.1 Å². The van der Waals surface area contributed by atoms with E-state index in [-0.39, 0.29) is 0 Å². The predicted octanol–water partition coefficient (Wildman–Crippen LogP) is 3.87. The third-order valence-corrected chi connectivity index (χ3v) is 2.57. The van der Waals surface area contributed by atoms with Crippen LogP contribution in [-0.4, -0.2) is 4.98 Å². The molecule has 0 aliphatic carbocycles. The molecule has 82 valence electrons. The van der Waals surface area contributed by atoms with Crippen molar-refractivity contribution in [3.05, 3.63) is 53.7 Å². The fourth-order valence-corrected chi connectivity index (χ4v) is 1.59. The van der Waals surface area contributed by atoms with Crippen molar-refractivity contribution in [3.63, 3.8) is 0 Å². The van der Waals surface area contributed by atoms with Gasteiger partial charge in [-0.05, 0) is 36.2 Å². The van der Waals surface area contributed by atoms with E-state index in [4.69, 9.17) is 11.6 Å². The van der Waals surface area contributed by atoms with Gasteiger partial charge in [0.05, 0.1) is 0 Å². The zero-order valence-corrected chi connectivity index (χ0v) is 9.83. The lowest BCUT2D eigenvalue weighted by Gasteiger charge is -2.06. The zero-order valence-electron chi connectivity index (χ0n) is 9.07. The number of aromatic nitrogens is 1. The van der Waals surface area contributed by atoms with Crippen molar-refractivity contribution in [1.82, 2.24) is 4.98 Å². The van der Waals surface area contributed by atoms with Gasteiger partial charge in [0.1, 0.15) is 5.82 Å². The highest BCUT2D eigenvalue weighted by Crippen LogP contribution is 2.17. The molecule has 1 aromatic carbocycles. The van der Waals surface area contributed by atoms with Crippen molar-refractivity contribution >= 4 is 23.1 Å². The summed E-state index contributed by atoms with van der Waals surface area (Å²) >= 11 is 5.78. The van der Waals surface area contributed by atoms with E-state index in [0.717, 1.165) is 22.6 Å².